The highest BCUT2D eigenvalue weighted by molar-refractivity contribution is 7.86. The van der Waals surface area contributed by atoms with Crippen LogP contribution in [0.1, 0.15) is 39.2 Å². The molecule has 0 heterocycles. The second-order valence-electron chi connectivity index (χ2n) is 6.51. The molecule has 0 N–H and O–H groups in total. The third kappa shape index (κ3) is 2.97. The largest absolute Gasteiger partial charge is 0.298 e. The Hall–Kier alpha value is -0.960. The minimum absolute atomic E-state index is 0.0250. The second-order valence-corrected chi connectivity index (χ2v) is 8.08. The van der Waals surface area contributed by atoms with Crippen LogP contribution >= 0.6 is 0 Å². The Morgan fingerprint density at radius 2 is 1.74 bits per heavy atom. The molecule has 0 aliphatic heterocycles. The van der Waals surface area contributed by atoms with E-state index in [1.807, 2.05) is 31.2 Å². The van der Waals surface area contributed by atoms with Crippen molar-refractivity contribution < 1.29 is 9.00 Å². The fraction of sp³-hybridized carbons (Fsp3) is 0.562. The van der Waals surface area contributed by atoms with Crippen molar-refractivity contribution in [3.63, 3.8) is 0 Å². The molecule has 0 aromatic heterocycles. The fourth-order valence-electron chi connectivity index (χ4n) is 2.79. The number of aryl methyl sites for hydroxylation is 1. The monoisotopic (exact) mass is 278 g/mol. The van der Waals surface area contributed by atoms with Crippen LogP contribution in [0.15, 0.2) is 29.2 Å². The molecule has 0 amide bonds. The predicted molar refractivity (Wildman–Crippen MR) is 78.6 cm³/mol. The third-order valence-electron chi connectivity index (χ3n) is 3.98. The van der Waals surface area contributed by atoms with Gasteiger partial charge in [-0.2, -0.15) is 0 Å². The second kappa shape index (κ2) is 5.20. The Bertz CT molecular complexity index is 496. The number of benzene rings is 1. The van der Waals surface area contributed by atoms with Crippen molar-refractivity contribution in [3.8, 4) is 0 Å². The van der Waals surface area contributed by atoms with Crippen LogP contribution in [0.25, 0.3) is 0 Å². The topological polar surface area (TPSA) is 34.1 Å². The van der Waals surface area contributed by atoms with E-state index in [0.29, 0.717) is 6.42 Å². The van der Waals surface area contributed by atoms with Crippen LogP contribution in [0, 0.1) is 18.3 Å². The first-order valence-electron chi connectivity index (χ1n) is 6.80. The molecule has 1 aromatic carbocycles. The summed E-state index contributed by atoms with van der Waals surface area (Å²) in [5.41, 5.74) is 1.17. The molecule has 2 nitrogen and oxygen atoms in total. The van der Waals surface area contributed by atoms with Crippen molar-refractivity contribution in [2.45, 2.75) is 50.7 Å². The van der Waals surface area contributed by atoms with E-state index in [2.05, 4.69) is 20.8 Å². The lowest BCUT2D eigenvalue weighted by Crippen LogP contribution is -2.34. The number of rotatable bonds is 2. The van der Waals surface area contributed by atoms with Gasteiger partial charge in [0.25, 0.3) is 0 Å². The minimum atomic E-state index is -1.22. The van der Waals surface area contributed by atoms with Gasteiger partial charge in [0, 0.05) is 11.3 Å². The summed E-state index contributed by atoms with van der Waals surface area (Å²) in [7, 11) is -1.22. The smallest absolute Gasteiger partial charge is 0.149 e. The van der Waals surface area contributed by atoms with Crippen LogP contribution in [0.4, 0.5) is 0 Å². The van der Waals surface area contributed by atoms with Crippen molar-refractivity contribution >= 4 is 16.6 Å². The van der Waals surface area contributed by atoms with Gasteiger partial charge in [0.2, 0.25) is 0 Å². The lowest BCUT2D eigenvalue weighted by molar-refractivity contribution is -0.117. The molecule has 19 heavy (non-hydrogen) atoms. The first-order valence-corrected chi connectivity index (χ1v) is 8.02. The number of carbonyl (C=O) groups excluding carboxylic acids is 1. The maximum absolute atomic E-state index is 12.7. The molecule has 3 heteroatoms. The van der Waals surface area contributed by atoms with Crippen LogP contribution in [-0.2, 0) is 15.6 Å². The first-order chi connectivity index (χ1) is 8.80. The van der Waals surface area contributed by atoms with Crippen LogP contribution in [0.5, 0.6) is 0 Å². The number of Topliss-reactive ketones (excluding diaryl/α,β-unsaturated/α-hetero) is 1. The number of hydrogen-bond donors (Lipinski definition) is 0. The molecule has 1 aliphatic rings. The van der Waals surface area contributed by atoms with Crippen molar-refractivity contribution in [1.29, 1.82) is 0 Å². The van der Waals surface area contributed by atoms with Crippen LogP contribution < -0.4 is 0 Å². The van der Waals surface area contributed by atoms with Gasteiger partial charge in [0.15, 0.2) is 0 Å². The zero-order valence-corrected chi connectivity index (χ0v) is 12.9. The van der Waals surface area contributed by atoms with E-state index < -0.39 is 10.8 Å². The Labute approximate surface area is 118 Å². The van der Waals surface area contributed by atoms with E-state index >= 15 is 0 Å². The van der Waals surface area contributed by atoms with E-state index in [4.69, 9.17) is 0 Å². The molecule has 2 rings (SSSR count). The van der Waals surface area contributed by atoms with Gasteiger partial charge in [-0.3, -0.25) is 9.00 Å². The zero-order valence-electron chi connectivity index (χ0n) is 12.1. The Kier molecular flexibility index (Phi) is 3.95. The van der Waals surface area contributed by atoms with E-state index in [0.717, 1.165) is 16.9 Å². The molecule has 1 saturated carbocycles. The standard InChI is InChI=1S/C16H22O2S/c1-11-5-7-12(8-6-11)19(18)15-13(16(2,3)4)9-10-14(15)17/h5-8,13,15H,9-10H2,1-4H3/t13-,15+,19?/m0/s1. The van der Waals surface area contributed by atoms with Gasteiger partial charge in [0.1, 0.15) is 11.0 Å². The van der Waals surface area contributed by atoms with Crippen molar-refractivity contribution in [1.82, 2.24) is 0 Å². The highest BCUT2D eigenvalue weighted by Gasteiger charge is 2.44. The SMILES string of the molecule is Cc1ccc(S(=O)[C@H]2C(=O)CC[C@@H]2C(C)(C)C)cc1. The quantitative estimate of drug-likeness (QED) is 0.829. The van der Waals surface area contributed by atoms with Crippen molar-refractivity contribution in [3.05, 3.63) is 29.8 Å². The highest BCUT2D eigenvalue weighted by Crippen LogP contribution is 2.41. The summed E-state index contributed by atoms with van der Waals surface area (Å²) in [5, 5.41) is -0.331. The average molecular weight is 278 g/mol. The van der Waals surface area contributed by atoms with Gasteiger partial charge >= 0.3 is 0 Å². The average Bonchev–Trinajstić information content (AvgIpc) is 2.71. The number of ketones is 1. The minimum Gasteiger partial charge on any atom is -0.298 e. The molecule has 1 aliphatic carbocycles. The molecule has 1 fully saturated rings. The molecule has 0 radical (unpaired) electrons. The van der Waals surface area contributed by atoms with E-state index in [1.165, 1.54) is 0 Å². The molecule has 1 aromatic rings. The Morgan fingerprint density at radius 1 is 1.16 bits per heavy atom. The van der Waals surface area contributed by atoms with Crippen molar-refractivity contribution in [2.24, 2.45) is 11.3 Å². The van der Waals surface area contributed by atoms with Crippen LogP contribution in [0.3, 0.4) is 0 Å². The van der Waals surface area contributed by atoms with Gasteiger partial charge in [-0.05, 0) is 36.8 Å². The van der Waals surface area contributed by atoms with Gasteiger partial charge in [-0.1, -0.05) is 38.5 Å². The molecule has 0 bridgehead atoms. The number of carbonyl (C=O) groups is 1. The van der Waals surface area contributed by atoms with Gasteiger partial charge in [-0.15, -0.1) is 0 Å². The van der Waals surface area contributed by atoms with E-state index in [1.54, 1.807) is 0 Å². The number of hydrogen-bond acceptors (Lipinski definition) is 2. The summed E-state index contributed by atoms with van der Waals surface area (Å²) >= 11 is 0. The van der Waals surface area contributed by atoms with Gasteiger partial charge in [0.05, 0.1) is 10.8 Å². The molecule has 3 atom stereocenters. The third-order valence-corrected chi connectivity index (χ3v) is 5.77. The summed E-state index contributed by atoms with van der Waals surface area (Å²) in [5.74, 6) is 0.376. The van der Waals surface area contributed by atoms with Crippen LogP contribution in [-0.4, -0.2) is 15.2 Å². The molecular weight excluding hydrogens is 256 g/mol. The first kappa shape index (κ1) is 14.4. The Morgan fingerprint density at radius 3 is 2.26 bits per heavy atom. The molecule has 104 valence electrons. The maximum Gasteiger partial charge on any atom is 0.149 e. The summed E-state index contributed by atoms with van der Waals surface area (Å²) in [6, 6.07) is 7.69. The predicted octanol–water partition coefficient (Wildman–Crippen LogP) is 3.50. The molecule has 1 unspecified atom stereocenters. The summed E-state index contributed by atoms with van der Waals surface area (Å²) in [6.07, 6.45) is 1.44. The molecular formula is C16H22O2S. The lowest BCUT2D eigenvalue weighted by atomic mass is 9.79. The maximum atomic E-state index is 12.7. The molecule has 0 spiro atoms. The van der Waals surface area contributed by atoms with E-state index in [9.17, 15) is 9.00 Å². The summed E-state index contributed by atoms with van der Waals surface area (Å²) in [4.78, 5) is 12.9. The summed E-state index contributed by atoms with van der Waals surface area (Å²) in [6.45, 7) is 8.41. The van der Waals surface area contributed by atoms with Crippen molar-refractivity contribution in [2.75, 3.05) is 0 Å². The molecule has 0 saturated heterocycles. The fourth-order valence-corrected chi connectivity index (χ4v) is 4.69. The van der Waals surface area contributed by atoms with Gasteiger partial charge < -0.3 is 0 Å². The lowest BCUT2D eigenvalue weighted by Gasteiger charge is -2.30. The Balaban J connectivity index is 2.30. The van der Waals surface area contributed by atoms with Gasteiger partial charge in [-0.25, -0.2) is 0 Å². The highest BCUT2D eigenvalue weighted by atomic mass is 32.2. The van der Waals surface area contributed by atoms with Crippen LogP contribution in [0.2, 0.25) is 0 Å². The summed E-state index contributed by atoms with van der Waals surface area (Å²) < 4.78 is 12.7. The van der Waals surface area contributed by atoms with E-state index in [-0.39, 0.29) is 22.4 Å². The zero-order chi connectivity index (χ0) is 14.2. The normalized spacial score (nSPS) is 25.6.